The summed E-state index contributed by atoms with van der Waals surface area (Å²) < 4.78 is 0. The van der Waals surface area contributed by atoms with Crippen LogP contribution in [0.4, 0.5) is 5.69 Å². The van der Waals surface area contributed by atoms with Crippen LogP contribution in [0.15, 0.2) is 48.5 Å². The van der Waals surface area contributed by atoms with E-state index >= 15 is 0 Å². The molecule has 0 saturated carbocycles. The van der Waals surface area contributed by atoms with Crippen LogP contribution in [0.3, 0.4) is 0 Å². The van der Waals surface area contributed by atoms with Crippen LogP contribution in [0, 0.1) is 0 Å². The number of hydrogen-bond acceptors (Lipinski definition) is 2. The number of nitrogens with zero attached hydrogens (tertiary/aromatic N) is 1. The van der Waals surface area contributed by atoms with Crippen LogP contribution < -0.4 is 5.32 Å². The summed E-state index contributed by atoms with van der Waals surface area (Å²) in [5, 5.41) is 2.94. The van der Waals surface area contributed by atoms with E-state index in [9.17, 15) is 9.59 Å². The Morgan fingerprint density at radius 1 is 1.12 bits per heavy atom. The molecule has 0 aromatic heterocycles. The maximum absolute atomic E-state index is 12.5. The molecule has 1 heterocycles. The average Bonchev–Trinajstić information content (AvgIpc) is 2.91. The van der Waals surface area contributed by atoms with E-state index in [0.29, 0.717) is 19.5 Å². The van der Waals surface area contributed by atoms with Crippen molar-refractivity contribution in [3.05, 3.63) is 65.2 Å². The molecule has 1 N–H and O–H groups in total. The molecule has 2 aromatic rings. The van der Waals surface area contributed by atoms with Crippen LogP contribution in [0.25, 0.3) is 0 Å². The predicted octanol–water partition coefficient (Wildman–Crippen LogP) is 4.36. The van der Waals surface area contributed by atoms with Crippen LogP contribution in [-0.2, 0) is 17.9 Å². The molecular formula is C21H24N2O2. The lowest BCUT2D eigenvalue weighted by Crippen LogP contribution is -2.23. The lowest BCUT2D eigenvalue weighted by atomic mass is 10.1. The maximum atomic E-state index is 12.5. The van der Waals surface area contributed by atoms with Crippen LogP contribution >= 0.6 is 0 Å². The van der Waals surface area contributed by atoms with Gasteiger partial charge in [-0.3, -0.25) is 9.59 Å². The zero-order chi connectivity index (χ0) is 17.6. The van der Waals surface area contributed by atoms with Gasteiger partial charge in [0.2, 0.25) is 5.91 Å². The lowest BCUT2D eigenvalue weighted by molar-refractivity contribution is -0.116. The molecule has 0 radical (unpaired) electrons. The van der Waals surface area contributed by atoms with Crippen molar-refractivity contribution in [2.75, 3.05) is 5.32 Å². The molecule has 0 atom stereocenters. The SMILES string of the molecule is CCCCCC(=O)Nc1ccc2c(c1)CN(Cc1ccccc1)C2=O. The molecule has 2 aromatic carbocycles. The number of fused-ring (bicyclic) bond motifs is 1. The normalized spacial score (nSPS) is 13.0. The summed E-state index contributed by atoms with van der Waals surface area (Å²) >= 11 is 0. The van der Waals surface area contributed by atoms with E-state index in [1.807, 2.05) is 53.4 Å². The molecule has 25 heavy (non-hydrogen) atoms. The van der Waals surface area contributed by atoms with E-state index < -0.39 is 0 Å². The smallest absolute Gasteiger partial charge is 0.254 e. The highest BCUT2D eigenvalue weighted by Crippen LogP contribution is 2.27. The quantitative estimate of drug-likeness (QED) is 0.764. The highest BCUT2D eigenvalue weighted by molar-refractivity contribution is 5.99. The Bertz CT molecular complexity index is 756. The highest BCUT2D eigenvalue weighted by Gasteiger charge is 2.27. The molecule has 3 rings (SSSR count). The highest BCUT2D eigenvalue weighted by atomic mass is 16.2. The molecule has 1 aliphatic rings. The summed E-state index contributed by atoms with van der Waals surface area (Å²) in [7, 11) is 0. The van der Waals surface area contributed by atoms with Crippen molar-refractivity contribution >= 4 is 17.5 Å². The molecule has 0 spiro atoms. The third-order valence-electron chi connectivity index (χ3n) is 4.49. The van der Waals surface area contributed by atoms with Gasteiger partial charge in [-0.2, -0.15) is 0 Å². The summed E-state index contributed by atoms with van der Waals surface area (Å²) in [6, 6.07) is 15.6. The molecule has 130 valence electrons. The summed E-state index contributed by atoms with van der Waals surface area (Å²) in [6.45, 7) is 3.31. The molecule has 0 unspecified atom stereocenters. The largest absolute Gasteiger partial charge is 0.330 e. The van der Waals surface area contributed by atoms with Crippen LogP contribution in [-0.4, -0.2) is 16.7 Å². The van der Waals surface area contributed by atoms with E-state index in [2.05, 4.69) is 12.2 Å². The molecule has 0 saturated heterocycles. The van der Waals surface area contributed by atoms with Crippen LogP contribution in [0.2, 0.25) is 0 Å². The van der Waals surface area contributed by atoms with Gasteiger partial charge in [-0.15, -0.1) is 0 Å². The van der Waals surface area contributed by atoms with Gasteiger partial charge in [0, 0.05) is 30.8 Å². The van der Waals surface area contributed by atoms with Crippen LogP contribution in [0.5, 0.6) is 0 Å². The molecule has 0 fully saturated rings. The first kappa shape index (κ1) is 17.2. The first-order chi connectivity index (χ1) is 12.2. The Hall–Kier alpha value is -2.62. The van der Waals surface area contributed by atoms with Gasteiger partial charge in [0.15, 0.2) is 0 Å². The minimum atomic E-state index is 0.0406. The summed E-state index contributed by atoms with van der Waals surface area (Å²) in [4.78, 5) is 26.4. The number of amides is 2. The molecule has 4 heteroatoms. The number of benzene rings is 2. The topological polar surface area (TPSA) is 49.4 Å². The number of anilines is 1. The van der Waals surface area contributed by atoms with Gasteiger partial charge in [-0.25, -0.2) is 0 Å². The number of hydrogen-bond donors (Lipinski definition) is 1. The molecule has 2 amide bonds. The second kappa shape index (κ2) is 7.97. The second-order valence-corrected chi connectivity index (χ2v) is 6.52. The third-order valence-corrected chi connectivity index (χ3v) is 4.49. The lowest BCUT2D eigenvalue weighted by Gasteiger charge is -2.15. The molecular weight excluding hydrogens is 312 g/mol. The van der Waals surface area contributed by atoms with Gasteiger partial charge in [0.25, 0.3) is 5.91 Å². The zero-order valence-corrected chi connectivity index (χ0v) is 14.6. The maximum Gasteiger partial charge on any atom is 0.254 e. The monoisotopic (exact) mass is 336 g/mol. The van der Waals surface area contributed by atoms with Gasteiger partial charge >= 0.3 is 0 Å². The number of carbonyl (C=O) groups is 2. The van der Waals surface area contributed by atoms with Crippen molar-refractivity contribution in [2.24, 2.45) is 0 Å². The number of rotatable bonds is 7. The Morgan fingerprint density at radius 2 is 1.92 bits per heavy atom. The fourth-order valence-electron chi connectivity index (χ4n) is 3.15. The Kier molecular flexibility index (Phi) is 5.49. The Morgan fingerprint density at radius 3 is 2.68 bits per heavy atom. The van der Waals surface area contributed by atoms with E-state index in [0.717, 1.165) is 41.6 Å². The van der Waals surface area contributed by atoms with E-state index in [1.165, 1.54) is 0 Å². The minimum Gasteiger partial charge on any atom is -0.330 e. The first-order valence-electron chi connectivity index (χ1n) is 8.93. The van der Waals surface area contributed by atoms with Crippen molar-refractivity contribution in [1.29, 1.82) is 0 Å². The van der Waals surface area contributed by atoms with Crippen molar-refractivity contribution in [1.82, 2.24) is 4.90 Å². The molecule has 4 nitrogen and oxygen atoms in total. The van der Waals surface area contributed by atoms with Gasteiger partial charge in [-0.05, 0) is 35.7 Å². The first-order valence-corrected chi connectivity index (χ1v) is 8.93. The Balaban J connectivity index is 1.64. The van der Waals surface area contributed by atoms with Crippen molar-refractivity contribution in [2.45, 2.75) is 45.7 Å². The third kappa shape index (κ3) is 4.27. The Labute approximate surface area is 148 Å². The summed E-state index contributed by atoms with van der Waals surface area (Å²) in [6.07, 6.45) is 3.63. The standard InChI is InChI=1S/C21H24N2O2/c1-2-3-5-10-20(24)22-18-11-12-19-17(13-18)15-23(21(19)25)14-16-8-6-4-7-9-16/h4,6-9,11-13H,2-3,5,10,14-15H2,1H3,(H,22,24). The number of carbonyl (C=O) groups excluding carboxylic acids is 2. The van der Waals surface area contributed by atoms with Crippen molar-refractivity contribution < 1.29 is 9.59 Å². The average molecular weight is 336 g/mol. The molecule has 0 bridgehead atoms. The molecule has 1 aliphatic heterocycles. The van der Waals surface area contributed by atoms with Crippen LogP contribution in [0.1, 0.15) is 54.1 Å². The summed E-state index contributed by atoms with van der Waals surface area (Å²) in [5.41, 5.74) is 3.61. The van der Waals surface area contributed by atoms with Gasteiger partial charge in [-0.1, -0.05) is 50.1 Å². The fourth-order valence-corrected chi connectivity index (χ4v) is 3.15. The van der Waals surface area contributed by atoms with E-state index in [1.54, 1.807) is 0 Å². The summed E-state index contributed by atoms with van der Waals surface area (Å²) in [5.74, 6) is 0.0959. The number of unbranched alkanes of at least 4 members (excludes halogenated alkanes) is 2. The van der Waals surface area contributed by atoms with Gasteiger partial charge < -0.3 is 10.2 Å². The second-order valence-electron chi connectivity index (χ2n) is 6.52. The zero-order valence-electron chi connectivity index (χ0n) is 14.6. The predicted molar refractivity (Wildman–Crippen MR) is 99.2 cm³/mol. The van der Waals surface area contributed by atoms with Crippen molar-refractivity contribution in [3.8, 4) is 0 Å². The van der Waals surface area contributed by atoms with E-state index in [4.69, 9.17) is 0 Å². The fraction of sp³-hybridized carbons (Fsp3) is 0.333. The van der Waals surface area contributed by atoms with E-state index in [-0.39, 0.29) is 11.8 Å². The van der Waals surface area contributed by atoms with Gasteiger partial charge in [0.1, 0.15) is 0 Å². The van der Waals surface area contributed by atoms with Crippen molar-refractivity contribution in [3.63, 3.8) is 0 Å². The minimum absolute atomic E-state index is 0.0406. The number of nitrogens with one attached hydrogen (secondary N) is 1. The van der Waals surface area contributed by atoms with Gasteiger partial charge in [0.05, 0.1) is 0 Å². The molecule has 0 aliphatic carbocycles.